The SMILES string of the molecule is COC(=O)c1c(N)c(C#N)cn1-c1ccc(-c2ccc(C)cn2)cc1. The molecular weight excluding hydrogens is 316 g/mol. The Bertz CT molecular complexity index is 964. The largest absolute Gasteiger partial charge is 0.464 e. The van der Waals surface area contributed by atoms with Crippen LogP contribution in [0.15, 0.2) is 48.8 Å². The number of pyridine rings is 1. The lowest BCUT2D eigenvalue weighted by molar-refractivity contribution is 0.0593. The van der Waals surface area contributed by atoms with Crippen LogP contribution in [-0.4, -0.2) is 22.6 Å². The average Bonchev–Trinajstić information content (AvgIpc) is 2.98. The number of methoxy groups -OCH3 is 1. The monoisotopic (exact) mass is 332 g/mol. The zero-order chi connectivity index (χ0) is 18.0. The number of benzene rings is 1. The lowest BCUT2D eigenvalue weighted by atomic mass is 10.1. The fourth-order valence-electron chi connectivity index (χ4n) is 2.55. The molecule has 0 saturated carbocycles. The minimum absolute atomic E-state index is 0.110. The highest BCUT2D eigenvalue weighted by Gasteiger charge is 2.21. The van der Waals surface area contributed by atoms with E-state index in [-0.39, 0.29) is 16.9 Å². The van der Waals surface area contributed by atoms with Gasteiger partial charge in [-0.25, -0.2) is 4.79 Å². The van der Waals surface area contributed by atoms with Crippen molar-refractivity contribution in [3.63, 3.8) is 0 Å². The number of hydrogen-bond acceptors (Lipinski definition) is 5. The molecule has 3 rings (SSSR count). The van der Waals surface area contributed by atoms with Gasteiger partial charge in [0.05, 0.1) is 24.1 Å². The number of esters is 1. The van der Waals surface area contributed by atoms with Crippen molar-refractivity contribution in [2.45, 2.75) is 6.92 Å². The van der Waals surface area contributed by atoms with Gasteiger partial charge in [-0.2, -0.15) is 5.26 Å². The summed E-state index contributed by atoms with van der Waals surface area (Å²) in [5, 5.41) is 9.17. The van der Waals surface area contributed by atoms with E-state index in [1.165, 1.54) is 13.3 Å². The number of carbonyl (C=O) groups excluding carboxylic acids is 1. The Kier molecular flexibility index (Phi) is 4.23. The summed E-state index contributed by atoms with van der Waals surface area (Å²) < 4.78 is 6.34. The van der Waals surface area contributed by atoms with Crippen LogP contribution in [0, 0.1) is 18.3 Å². The lowest BCUT2D eigenvalue weighted by Crippen LogP contribution is -2.11. The van der Waals surface area contributed by atoms with Crippen LogP contribution in [0.25, 0.3) is 16.9 Å². The van der Waals surface area contributed by atoms with Crippen molar-refractivity contribution in [2.75, 3.05) is 12.8 Å². The molecule has 0 amide bonds. The van der Waals surface area contributed by atoms with Gasteiger partial charge >= 0.3 is 5.97 Å². The summed E-state index contributed by atoms with van der Waals surface area (Å²) >= 11 is 0. The quantitative estimate of drug-likeness (QED) is 0.744. The summed E-state index contributed by atoms with van der Waals surface area (Å²) in [6, 6.07) is 13.4. The molecule has 0 aliphatic heterocycles. The number of aromatic nitrogens is 2. The number of nitrogen functional groups attached to an aromatic ring is 1. The highest BCUT2D eigenvalue weighted by Crippen LogP contribution is 2.26. The molecule has 6 nitrogen and oxygen atoms in total. The highest BCUT2D eigenvalue weighted by atomic mass is 16.5. The molecule has 124 valence electrons. The van der Waals surface area contributed by atoms with Gasteiger partial charge < -0.3 is 15.0 Å². The number of carbonyl (C=O) groups is 1. The van der Waals surface area contributed by atoms with Crippen molar-refractivity contribution in [3.05, 3.63) is 65.6 Å². The van der Waals surface area contributed by atoms with Gasteiger partial charge in [0.25, 0.3) is 0 Å². The van der Waals surface area contributed by atoms with Crippen molar-refractivity contribution in [2.24, 2.45) is 0 Å². The molecule has 0 atom stereocenters. The molecule has 25 heavy (non-hydrogen) atoms. The first kappa shape index (κ1) is 16.3. The van der Waals surface area contributed by atoms with Gasteiger partial charge in [0.1, 0.15) is 6.07 Å². The van der Waals surface area contributed by atoms with E-state index in [0.717, 1.165) is 16.8 Å². The van der Waals surface area contributed by atoms with Crippen molar-refractivity contribution in [3.8, 4) is 23.0 Å². The Morgan fingerprint density at radius 1 is 1.24 bits per heavy atom. The molecule has 0 radical (unpaired) electrons. The zero-order valence-corrected chi connectivity index (χ0v) is 13.9. The van der Waals surface area contributed by atoms with Gasteiger partial charge in [-0.05, 0) is 30.7 Å². The van der Waals surface area contributed by atoms with Crippen molar-refractivity contribution >= 4 is 11.7 Å². The first-order valence-electron chi connectivity index (χ1n) is 7.58. The molecule has 1 aromatic carbocycles. The third-order valence-electron chi connectivity index (χ3n) is 3.90. The second-order valence-corrected chi connectivity index (χ2v) is 5.55. The molecule has 0 bridgehead atoms. The van der Waals surface area contributed by atoms with Crippen LogP contribution in [0.4, 0.5) is 5.69 Å². The molecule has 0 saturated heterocycles. The molecule has 3 aromatic rings. The van der Waals surface area contributed by atoms with Crippen LogP contribution in [0.2, 0.25) is 0 Å². The number of nitrogens with two attached hydrogens (primary N) is 1. The Balaban J connectivity index is 2.04. The number of nitrogens with zero attached hydrogens (tertiary/aromatic N) is 3. The predicted molar refractivity (Wildman–Crippen MR) is 94.2 cm³/mol. The smallest absolute Gasteiger partial charge is 0.357 e. The van der Waals surface area contributed by atoms with Crippen LogP contribution in [-0.2, 0) is 4.74 Å². The summed E-state index contributed by atoms with van der Waals surface area (Å²) in [7, 11) is 1.28. The maximum atomic E-state index is 12.0. The number of hydrogen-bond donors (Lipinski definition) is 1. The van der Waals surface area contributed by atoms with E-state index in [1.807, 2.05) is 55.6 Å². The van der Waals surface area contributed by atoms with Crippen LogP contribution in [0.3, 0.4) is 0 Å². The molecule has 0 spiro atoms. The van der Waals surface area contributed by atoms with Gasteiger partial charge in [-0.1, -0.05) is 18.2 Å². The van der Waals surface area contributed by atoms with Crippen LogP contribution < -0.4 is 5.73 Å². The Morgan fingerprint density at radius 2 is 1.96 bits per heavy atom. The maximum absolute atomic E-state index is 12.0. The van der Waals surface area contributed by atoms with Crippen molar-refractivity contribution < 1.29 is 9.53 Å². The molecule has 2 N–H and O–H groups in total. The number of anilines is 1. The molecule has 6 heteroatoms. The van der Waals surface area contributed by atoms with E-state index in [2.05, 4.69) is 4.98 Å². The molecule has 0 fully saturated rings. The molecule has 0 aliphatic carbocycles. The first-order valence-corrected chi connectivity index (χ1v) is 7.58. The Labute approximate surface area is 145 Å². The summed E-state index contributed by atoms with van der Waals surface area (Å²) in [5.41, 5.74) is 9.98. The van der Waals surface area contributed by atoms with Crippen molar-refractivity contribution in [1.82, 2.24) is 9.55 Å². The van der Waals surface area contributed by atoms with Gasteiger partial charge in [-0.3, -0.25) is 4.98 Å². The standard InChI is InChI=1S/C19H16N4O2/c1-12-3-8-16(22-10-12)13-4-6-15(7-5-13)23-11-14(9-20)17(21)18(23)19(24)25-2/h3-8,10-11H,21H2,1-2H3. The molecule has 2 heterocycles. The van der Waals surface area contributed by atoms with E-state index in [4.69, 9.17) is 15.7 Å². The second kappa shape index (κ2) is 6.49. The maximum Gasteiger partial charge on any atom is 0.357 e. The third-order valence-corrected chi connectivity index (χ3v) is 3.90. The fraction of sp³-hybridized carbons (Fsp3) is 0.105. The number of nitriles is 1. The molecule has 2 aromatic heterocycles. The fourth-order valence-corrected chi connectivity index (χ4v) is 2.55. The normalized spacial score (nSPS) is 10.3. The third kappa shape index (κ3) is 2.95. The number of ether oxygens (including phenoxy) is 1. The van der Waals surface area contributed by atoms with Crippen molar-refractivity contribution in [1.29, 1.82) is 5.26 Å². The topological polar surface area (TPSA) is 93.9 Å². The van der Waals surface area contributed by atoms with Gasteiger partial charge in [0.15, 0.2) is 5.69 Å². The first-order chi connectivity index (χ1) is 12.0. The Hall–Kier alpha value is -3.59. The second-order valence-electron chi connectivity index (χ2n) is 5.55. The Morgan fingerprint density at radius 3 is 2.52 bits per heavy atom. The van der Waals surface area contributed by atoms with Gasteiger partial charge in [-0.15, -0.1) is 0 Å². The number of rotatable bonds is 3. The lowest BCUT2D eigenvalue weighted by Gasteiger charge is -2.09. The van der Waals surface area contributed by atoms with Crippen LogP contribution in [0.5, 0.6) is 0 Å². The van der Waals surface area contributed by atoms with Gasteiger partial charge in [0.2, 0.25) is 0 Å². The predicted octanol–water partition coefficient (Wildman–Crippen LogP) is 3.09. The van der Waals surface area contributed by atoms with E-state index >= 15 is 0 Å². The zero-order valence-electron chi connectivity index (χ0n) is 13.9. The van der Waals surface area contributed by atoms with Crippen LogP contribution >= 0.6 is 0 Å². The molecule has 0 aliphatic rings. The van der Waals surface area contributed by atoms with E-state index in [1.54, 1.807) is 4.57 Å². The summed E-state index contributed by atoms with van der Waals surface area (Å²) in [6.45, 7) is 1.98. The summed E-state index contributed by atoms with van der Waals surface area (Å²) in [4.78, 5) is 16.4. The molecular formula is C19H16N4O2. The highest BCUT2D eigenvalue weighted by molar-refractivity contribution is 5.96. The minimum atomic E-state index is -0.594. The van der Waals surface area contributed by atoms with E-state index in [0.29, 0.717) is 5.69 Å². The van der Waals surface area contributed by atoms with Gasteiger partial charge in [0, 0.05) is 23.6 Å². The summed E-state index contributed by atoms with van der Waals surface area (Å²) in [6.07, 6.45) is 3.34. The molecule has 0 unspecified atom stereocenters. The number of aryl methyl sites for hydroxylation is 1. The van der Waals surface area contributed by atoms with Crippen LogP contribution in [0.1, 0.15) is 21.6 Å². The average molecular weight is 332 g/mol. The summed E-state index contributed by atoms with van der Waals surface area (Å²) in [5.74, 6) is -0.594. The minimum Gasteiger partial charge on any atom is -0.464 e. The van der Waals surface area contributed by atoms with E-state index < -0.39 is 5.97 Å². The van der Waals surface area contributed by atoms with E-state index in [9.17, 15) is 4.79 Å².